The number of H-pyrrole nitrogens is 1. The van der Waals surface area contributed by atoms with Crippen LogP contribution in [0.1, 0.15) is 68.9 Å². The van der Waals surface area contributed by atoms with E-state index in [-0.39, 0.29) is 5.92 Å². The Morgan fingerprint density at radius 1 is 1.27 bits per heavy atom. The fourth-order valence-corrected chi connectivity index (χ4v) is 5.40. The summed E-state index contributed by atoms with van der Waals surface area (Å²) >= 11 is 6.58. The van der Waals surface area contributed by atoms with Crippen LogP contribution in [0.3, 0.4) is 0 Å². The Balaban J connectivity index is 1.53. The van der Waals surface area contributed by atoms with Gasteiger partial charge in [-0.25, -0.2) is 0 Å². The zero-order valence-corrected chi connectivity index (χ0v) is 16.6. The minimum atomic E-state index is 0.166. The molecule has 1 aromatic heterocycles. The molecular weight excluding hydrogens is 344 g/mol. The number of carbonyl (C=O) groups is 1. The molecule has 1 saturated heterocycles. The third-order valence-corrected chi connectivity index (χ3v) is 7.07. The second kappa shape index (κ2) is 7.26. The zero-order valence-electron chi connectivity index (χ0n) is 15.9. The maximum atomic E-state index is 13.1. The highest BCUT2D eigenvalue weighted by molar-refractivity contribution is 6.36. The van der Waals surface area contributed by atoms with Crippen LogP contribution in [-0.4, -0.2) is 28.4 Å². The number of rotatable bonds is 3. The van der Waals surface area contributed by atoms with Gasteiger partial charge in [0.15, 0.2) is 0 Å². The Morgan fingerprint density at radius 2 is 2.04 bits per heavy atom. The SMILES string of the molecule is Cc1ccc2[nH]cc(C(C)CC(=O)N3CCCC4CCCCC43)c2c1Cl. The molecule has 140 valence electrons. The largest absolute Gasteiger partial charge is 0.361 e. The Hall–Kier alpha value is -1.48. The number of nitrogens with zero attached hydrogens (tertiary/aromatic N) is 1. The third kappa shape index (κ3) is 3.15. The van der Waals surface area contributed by atoms with E-state index in [9.17, 15) is 4.79 Å². The number of aromatic nitrogens is 1. The van der Waals surface area contributed by atoms with Gasteiger partial charge in [0.25, 0.3) is 0 Å². The minimum Gasteiger partial charge on any atom is -0.361 e. The average molecular weight is 373 g/mol. The summed E-state index contributed by atoms with van der Waals surface area (Å²) < 4.78 is 0. The van der Waals surface area contributed by atoms with Gasteiger partial charge >= 0.3 is 0 Å². The van der Waals surface area contributed by atoms with Crippen LogP contribution in [0.2, 0.25) is 5.02 Å². The highest BCUT2D eigenvalue weighted by Gasteiger charge is 2.36. The van der Waals surface area contributed by atoms with Crippen molar-refractivity contribution in [2.75, 3.05) is 6.54 Å². The zero-order chi connectivity index (χ0) is 18.3. The number of benzene rings is 1. The van der Waals surface area contributed by atoms with E-state index in [2.05, 4.69) is 22.9 Å². The van der Waals surface area contributed by atoms with Crippen LogP contribution in [0.25, 0.3) is 10.9 Å². The molecule has 2 aliphatic rings. The van der Waals surface area contributed by atoms with E-state index < -0.39 is 0 Å². The summed E-state index contributed by atoms with van der Waals surface area (Å²) in [6, 6.07) is 4.61. The van der Waals surface area contributed by atoms with Gasteiger partial charge in [0.05, 0.1) is 5.02 Å². The first kappa shape index (κ1) is 17.9. The Morgan fingerprint density at radius 3 is 2.88 bits per heavy atom. The number of hydrogen-bond donors (Lipinski definition) is 1. The maximum absolute atomic E-state index is 13.1. The van der Waals surface area contributed by atoms with Gasteiger partial charge in [-0.1, -0.05) is 37.4 Å². The molecule has 0 radical (unpaired) electrons. The standard InChI is InChI=1S/C22H29ClN2O/c1-14-9-10-18-21(22(14)23)17(13-24-18)15(2)12-20(26)25-11-5-7-16-6-3-4-8-19(16)25/h9-10,13,15-16,19,24H,3-8,11-12H2,1-2H3. The fourth-order valence-electron chi connectivity index (χ4n) is 5.12. The molecule has 1 aliphatic carbocycles. The molecule has 1 saturated carbocycles. The van der Waals surface area contributed by atoms with Crippen LogP contribution in [0, 0.1) is 12.8 Å². The summed E-state index contributed by atoms with van der Waals surface area (Å²) in [5.74, 6) is 1.23. The average Bonchev–Trinajstić information content (AvgIpc) is 3.09. The number of fused-ring (bicyclic) bond motifs is 2. The minimum absolute atomic E-state index is 0.166. The van der Waals surface area contributed by atoms with Gasteiger partial charge in [-0.05, 0) is 61.6 Å². The number of likely N-dealkylation sites (tertiary alicyclic amines) is 1. The molecule has 2 aromatic rings. The molecule has 4 heteroatoms. The summed E-state index contributed by atoms with van der Waals surface area (Å²) in [4.78, 5) is 18.7. The van der Waals surface area contributed by atoms with E-state index in [0.29, 0.717) is 18.4 Å². The molecule has 3 unspecified atom stereocenters. The van der Waals surface area contributed by atoms with E-state index in [0.717, 1.165) is 34.0 Å². The smallest absolute Gasteiger partial charge is 0.223 e. The lowest BCUT2D eigenvalue weighted by atomic mass is 9.78. The molecule has 3 nitrogen and oxygen atoms in total. The van der Waals surface area contributed by atoms with E-state index in [1.165, 1.54) is 44.1 Å². The topological polar surface area (TPSA) is 36.1 Å². The van der Waals surface area contributed by atoms with Crippen molar-refractivity contribution < 1.29 is 4.79 Å². The van der Waals surface area contributed by atoms with Crippen LogP contribution in [0.4, 0.5) is 0 Å². The van der Waals surface area contributed by atoms with Crippen LogP contribution >= 0.6 is 11.6 Å². The summed E-state index contributed by atoms with van der Waals surface area (Å²) in [5.41, 5.74) is 3.30. The number of aromatic amines is 1. The highest BCUT2D eigenvalue weighted by Crippen LogP contribution is 2.38. The number of nitrogens with one attached hydrogen (secondary N) is 1. The van der Waals surface area contributed by atoms with Crippen LogP contribution < -0.4 is 0 Å². The van der Waals surface area contributed by atoms with Crippen molar-refractivity contribution in [3.63, 3.8) is 0 Å². The number of carbonyl (C=O) groups excluding carboxylic acids is 1. The van der Waals surface area contributed by atoms with Gasteiger partial charge in [-0.15, -0.1) is 0 Å². The number of hydrogen-bond acceptors (Lipinski definition) is 1. The summed E-state index contributed by atoms with van der Waals surface area (Å²) in [7, 11) is 0. The third-order valence-electron chi connectivity index (χ3n) is 6.58. The highest BCUT2D eigenvalue weighted by atomic mass is 35.5. The lowest BCUT2D eigenvalue weighted by Gasteiger charge is -2.44. The van der Waals surface area contributed by atoms with Gasteiger partial charge in [0.2, 0.25) is 5.91 Å². The number of piperidine rings is 1. The van der Waals surface area contributed by atoms with Crippen molar-refractivity contribution in [1.82, 2.24) is 9.88 Å². The number of aryl methyl sites for hydroxylation is 1. The van der Waals surface area contributed by atoms with Gasteiger partial charge < -0.3 is 9.88 Å². The monoisotopic (exact) mass is 372 g/mol. The van der Waals surface area contributed by atoms with Gasteiger partial charge in [-0.2, -0.15) is 0 Å². The summed E-state index contributed by atoms with van der Waals surface area (Å²) in [6.07, 6.45) is 10.2. The molecule has 1 N–H and O–H groups in total. The van der Waals surface area contributed by atoms with Crippen molar-refractivity contribution in [2.24, 2.45) is 5.92 Å². The molecule has 4 rings (SSSR count). The second-order valence-corrected chi connectivity index (χ2v) is 8.69. The van der Waals surface area contributed by atoms with Crippen LogP contribution in [-0.2, 0) is 4.79 Å². The van der Waals surface area contributed by atoms with Crippen molar-refractivity contribution in [3.8, 4) is 0 Å². The Bertz CT molecular complexity index is 810. The Kier molecular flexibility index (Phi) is 5.00. The van der Waals surface area contributed by atoms with Crippen molar-refractivity contribution >= 4 is 28.4 Å². The van der Waals surface area contributed by atoms with Crippen molar-refractivity contribution in [3.05, 3.63) is 34.5 Å². The molecular formula is C22H29ClN2O. The predicted molar refractivity (Wildman–Crippen MR) is 108 cm³/mol. The summed E-state index contributed by atoms with van der Waals surface area (Å²) in [5, 5.41) is 1.89. The molecule has 2 fully saturated rings. The van der Waals surface area contributed by atoms with E-state index in [4.69, 9.17) is 11.6 Å². The van der Waals surface area contributed by atoms with Gasteiger partial charge in [0, 0.05) is 36.1 Å². The van der Waals surface area contributed by atoms with E-state index in [1.54, 1.807) is 0 Å². The van der Waals surface area contributed by atoms with Crippen LogP contribution in [0.15, 0.2) is 18.3 Å². The van der Waals surface area contributed by atoms with Crippen molar-refractivity contribution in [2.45, 2.75) is 70.8 Å². The first-order valence-electron chi connectivity index (χ1n) is 10.1. The lowest BCUT2D eigenvalue weighted by Crippen LogP contribution is -2.49. The first-order valence-corrected chi connectivity index (χ1v) is 10.5. The lowest BCUT2D eigenvalue weighted by molar-refractivity contribution is -0.137. The molecule has 0 bridgehead atoms. The van der Waals surface area contributed by atoms with Gasteiger partial charge in [0.1, 0.15) is 0 Å². The maximum Gasteiger partial charge on any atom is 0.223 e. The predicted octanol–water partition coefficient (Wildman–Crippen LogP) is 5.80. The number of halogens is 1. The molecule has 2 heterocycles. The molecule has 3 atom stereocenters. The quantitative estimate of drug-likeness (QED) is 0.725. The van der Waals surface area contributed by atoms with E-state index >= 15 is 0 Å². The van der Waals surface area contributed by atoms with Gasteiger partial charge in [-0.3, -0.25) is 4.79 Å². The normalized spacial score (nSPS) is 24.5. The summed E-state index contributed by atoms with van der Waals surface area (Å²) in [6.45, 7) is 5.13. The van der Waals surface area contributed by atoms with Crippen LogP contribution in [0.5, 0.6) is 0 Å². The Labute approximate surface area is 161 Å². The molecule has 1 amide bonds. The molecule has 1 aliphatic heterocycles. The molecule has 26 heavy (non-hydrogen) atoms. The number of amides is 1. The fraction of sp³-hybridized carbons (Fsp3) is 0.591. The second-order valence-electron chi connectivity index (χ2n) is 8.31. The van der Waals surface area contributed by atoms with Crippen molar-refractivity contribution in [1.29, 1.82) is 0 Å². The van der Waals surface area contributed by atoms with E-state index in [1.807, 2.05) is 19.2 Å². The molecule has 0 spiro atoms. The first-order chi connectivity index (χ1) is 12.6. The molecule has 1 aromatic carbocycles.